The smallest absolute Gasteiger partial charge is 0.0593 e. The van der Waals surface area contributed by atoms with Crippen molar-refractivity contribution in [2.45, 2.75) is 44.7 Å². The summed E-state index contributed by atoms with van der Waals surface area (Å²) in [4.78, 5) is 4.03. The molecule has 2 heterocycles. The molecular weight excluding hydrogens is 216 g/mol. The third kappa shape index (κ3) is 2.65. The second-order valence-electron chi connectivity index (χ2n) is 4.63. The fourth-order valence-corrected chi connectivity index (χ4v) is 3.48. The lowest BCUT2D eigenvalue weighted by atomic mass is 10.00. The first-order valence-corrected chi connectivity index (χ1v) is 7.24. The molecule has 0 spiro atoms. The fourth-order valence-electron chi connectivity index (χ4n) is 2.54. The van der Waals surface area contributed by atoms with E-state index >= 15 is 0 Å². The van der Waals surface area contributed by atoms with E-state index in [0.29, 0.717) is 6.04 Å². The van der Waals surface area contributed by atoms with Gasteiger partial charge in [0.25, 0.3) is 0 Å². The third-order valence-corrected chi connectivity index (χ3v) is 4.44. The van der Waals surface area contributed by atoms with Gasteiger partial charge in [-0.1, -0.05) is 19.4 Å². The lowest BCUT2D eigenvalue weighted by molar-refractivity contribution is 0.143. The average Bonchev–Trinajstić information content (AvgIpc) is 2.84. The van der Waals surface area contributed by atoms with Gasteiger partial charge in [-0.15, -0.1) is 11.3 Å². The summed E-state index contributed by atoms with van der Waals surface area (Å²) in [5.74, 6) is 0. The number of nitrogens with zero attached hydrogens (tertiary/aromatic N) is 1. The van der Waals surface area contributed by atoms with Crippen LogP contribution < -0.4 is 5.73 Å². The number of rotatable bonds is 4. The van der Waals surface area contributed by atoms with Crippen LogP contribution in [-0.4, -0.2) is 24.0 Å². The van der Waals surface area contributed by atoms with Crippen LogP contribution in [0.15, 0.2) is 17.5 Å². The summed E-state index contributed by atoms with van der Waals surface area (Å²) in [6.45, 7) is 4.63. The van der Waals surface area contributed by atoms with E-state index in [1.54, 1.807) is 0 Å². The molecule has 2 nitrogen and oxygen atoms in total. The Morgan fingerprint density at radius 2 is 2.12 bits per heavy atom. The van der Waals surface area contributed by atoms with Crippen LogP contribution >= 0.6 is 11.3 Å². The molecule has 0 aliphatic carbocycles. The van der Waals surface area contributed by atoms with Gasteiger partial charge in [-0.3, -0.25) is 4.90 Å². The minimum atomic E-state index is 0.275. The predicted octanol–water partition coefficient (Wildman–Crippen LogP) is 3.01. The molecule has 2 N–H and O–H groups in total. The molecule has 0 radical (unpaired) electrons. The molecule has 1 saturated heterocycles. The molecule has 3 heteroatoms. The molecule has 2 atom stereocenters. The van der Waals surface area contributed by atoms with Crippen LogP contribution in [0.3, 0.4) is 0 Å². The Morgan fingerprint density at radius 1 is 1.38 bits per heavy atom. The first-order chi connectivity index (χ1) is 7.83. The molecule has 90 valence electrons. The predicted molar refractivity (Wildman–Crippen MR) is 70.8 cm³/mol. The van der Waals surface area contributed by atoms with Crippen molar-refractivity contribution in [2.75, 3.05) is 13.1 Å². The van der Waals surface area contributed by atoms with Crippen molar-refractivity contribution in [1.82, 2.24) is 4.90 Å². The van der Waals surface area contributed by atoms with Crippen molar-refractivity contribution < 1.29 is 0 Å². The van der Waals surface area contributed by atoms with Crippen LogP contribution in [-0.2, 0) is 0 Å². The normalized spacial score (nSPS) is 21.9. The minimum absolute atomic E-state index is 0.275. The number of thiophene rings is 1. The molecule has 1 aromatic rings. The molecule has 2 unspecified atom stereocenters. The molecule has 0 amide bonds. The lowest BCUT2D eigenvalue weighted by Crippen LogP contribution is -2.42. The van der Waals surface area contributed by atoms with Gasteiger partial charge in [-0.25, -0.2) is 0 Å². The van der Waals surface area contributed by atoms with Crippen molar-refractivity contribution in [2.24, 2.45) is 5.73 Å². The molecule has 1 aromatic heterocycles. The summed E-state index contributed by atoms with van der Waals surface area (Å²) in [7, 11) is 0. The van der Waals surface area contributed by atoms with E-state index in [2.05, 4.69) is 29.3 Å². The van der Waals surface area contributed by atoms with Gasteiger partial charge in [0.05, 0.1) is 6.04 Å². The summed E-state index contributed by atoms with van der Waals surface area (Å²) in [5, 5.41) is 2.16. The Bertz CT molecular complexity index is 291. The highest BCUT2D eigenvalue weighted by atomic mass is 32.1. The zero-order valence-electron chi connectivity index (χ0n) is 10.1. The zero-order valence-corrected chi connectivity index (χ0v) is 10.9. The molecule has 1 fully saturated rings. The van der Waals surface area contributed by atoms with Crippen molar-refractivity contribution >= 4 is 11.3 Å². The maximum absolute atomic E-state index is 6.30. The van der Waals surface area contributed by atoms with E-state index in [0.717, 1.165) is 6.42 Å². The quantitative estimate of drug-likeness (QED) is 0.873. The van der Waals surface area contributed by atoms with Crippen molar-refractivity contribution in [3.05, 3.63) is 22.4 Å². The van der Waals surface area contributed by atoms with Gasteiger partial charge in [0.1, 0.15) is 0 Å². The van der Waals surface area contributed by atoms with Crippen molar-refractivity contribution in [3.8, 4) is 0 Å². The van der Waals surface area contributed by atoms with Crippen molar-refractivity contribution in [3.63, 3.8) is 0 Å². The van der Waals surface area contributed by atoms with Gasteiger partial charge >= 0.3 is 0 Å². The van der Waals surface area contributed by atoms with Gasteiger partial charge in [0, 0.05) is 10.9 Å². The van der Waals surface area contributed by atoms with Crippen LogP contribution in [0.1, 0.15) is 43.5 Å². The van der Waals surface area contributed by atoms with Crippen LogP contribution in [0, 0.1) is 0 Å². The summed E-state index contributed by atoms with van der Waals surface area (Å²) in [6, 6.07) is 5.10. The highest BCUT2D eigenvalue weighted by Crippen LogP contribution is 2.30. The highest BCUT2D eigenvalue weighted by molar-refractivity contribution is 7.10. The number of piperidine rings is 1. The Kier molecular flexibility index (Phi) is 4.38. The van der Waals surface area contributed by atoms with Crippen LogP contribution in [0.5, 0.6) is 0 Å². The second-order valence-corrected chi connectivity index (χ2v) is 5.61. The first-order valence-electron chi connectivity index (χ1n) is 6.36. The van der Waals surface area contributed by atoms with Crippen molar-refractivity contribution in [1.29, 1.82) is 0 Å². The van der Waals surface area contributed by atoms with E-state index in [9.17, 15) is 0 Å². The SMILES string of the molecule is CCC(N)C(c1cccs1)N1CCCCC1. The number of nitrogens with two attached hydrogens (primary N) is 1. The second kappa shape index (κ2) is 5.80. The topological polar surface area (TPSA) is 29.3 Å². The molecule has 16 heavy (non-hydrogen) atoms. The van der Waals surface area contributed by atoms with Gasteiger partial charge in [-0.2, -0.15) is 0 Å². The molecule has 1 aliphatic rings. The molecule has 0 aromatic carbocycles. The molecule has 0 saturated carbocycles. The molecule has 0 bridgehead atoms. The van der Waals surface area contributed by atoms with Gasteiger partial charge in [0.15, 0.2) is 0 Å². The number of likely N-dealkylation sites (tertiary alicyclic amines) is 1. The van der Waals surface area contributed by atoms with Crippen LogP contribution in [0.2, 0.25) is 0 Å². The molecule has 2 rings (SSSR count). The number of hydrogen-bond donors (Lipinski definition) is 1. The Labute approximate surface area is 102 Å². The maximum Gasteiger partial charge on any atom is 0.0593 e. The Morgan fingerprint density at radius 3 is 2.69 bits per heavy atom. The van der Waals surface area contributed by atoms with E-state index in [4.69, 9.17) is 5.73 Å². The summed E-state index contributed by atoms with van der Waals surface area (Å²) in [6.07, 6.45) is 5.10. The average molecular weight is 238 g/mol. The lowest BCUT2D eigenvalue weighted by Gasteiger charge is -2.37. The third-order valence-electron chi connectivity index (χ3n) is 3.50. The summed E-state index contributed by atoms with van der Waals surface area (Å²) < 4.78 is 0. The van der Waals surface area contributed by atoms with E-state index in [1.807, 2.05) is 11.3 Å². The zero-order chi connectivity index (χ0) is 11.4. The largest absolute Gasteiger partial charge is 0.326 e. The van der Waals surface area contributed by atoms with Gasteiger partial charge in [0.2, 0.25) is 0 Å². The van der Waals surface area contributed by atoms with Crippen LogP contribution in [0.4, 0.5) is 0 Å². The van der Waals surface area contributed by atoms with Crippen LogP contribution in [0.25, 0.3) is 0 Å². The Balaban J connectivity index is 2.13. The van der Waals surface area contributed by atoms with Gasteiger partial charge < -0.3 is 5.73 Å². The fraction of sp³-hybridized carbons (Fsp3) is 0.692. The summed E-state index contributed by atoms with van der Waals surface area (Å²) >= 11 is 1.85. The van der Waals surface area contributed by atoms with Gasteiger partial charge in [-0.05, 0) is 43.8 Å². The molecule has 1 aliphatic heterocycles. The highest BCUT2D eigenvalue weighted by Gasteiger charge is 2.27. The molecular formula is C13H22N2S. The standard InChI is InChI=1S/C13H22N2S/c1-2-11(14)13(12-7-6-10-16-12)15-8-4-3-5-9-15/h6-7,10-11,13H,2-5,8-9,14H2,1H3. The minimum Gasteiger partial charge on any atom is -0.326 e. The summed E-state index contributed by atoms with van der Waals surface area (Å²) in [5.41, 5.74) is 6.30. The van der Waals surface area contributed by atoms with E-state index < -0.39 is 0 Å². The Hall–Kier alpha value is -0.380. The van der Waals surface area contributed by atoms with E-state index in [1.165, 1.54) is 37.2 Å². The first kappa shape index (κ1) is 12.1. The van der Waals surface area contributed by atoms with E-state index in [-0.39, 0.29) is 6.04 Å². The monoisotopic (exact) mass is 238 g/mol. The maximum atomic E-state index is 6.30. The number of hydrogen-bond acceptors (Lipinski definition) is 3.